The van der Waals surface area contributed by atoms with Crippen molar-refractivity contribution < 1.29 is 19.1 Å². The lowest BCUT2D eigenvalue weighted by Gasteiger charge is -2.09. The summed E-state index contributed by atoms with van der Waals surface area (Å²) >= 11 is 3.38. The Morgan fingerprint density at radius 3 is 2.43 bits per heavy atom. The lowest BCUT2D eigenvalue weighted by atomic mass is 10.1. The maximum Gasteiger partial charge on any atom is 0.343 e. The summed E-state index contributed by atoms with van der Waals surface area (Å²) in [4.78, 5) is 36.5. The van der Waals surface area contributed by atoms with Crippen LogP contribution in [0.3, 0.4) is 0 Å². The summed E-state index contributed by atoms with van der Waals surface area (Å²) < 4.78 is 6.32. The Morgan fingerprint density at radius 2 is 1.69 bits per heavy atom. The number of aryl methyl sites for hydroxylation is 1. The van der Waals surface area contributed by atoms with E-state index in [9.17, 15) is 14.4 Å². The molecule has 2 amide bonds. The molecule has 0 aromatic heterocycles. The quantitative estimate of drug-likeness (QED) is 0.105. The molecule has 0 unspecified atom stereocenters. The molecule has 8 heteroatoms. The lowest BCUT2D eigenvalue weighted by molar-refractivity contribution is -0.126. The van der Waals surface area contributed by atoms with Crippen molar-refractivity contribution in [2.45, 2.75) is 65.2 Å². The molecule has 0 saturated carbocycles. The number of nitrogens with zero attached hydrogens (tertiary/aromatic N) is 1. The second-order valence-electron chi connectivity index (χ2n) is 8.33. The molecule has 0 radical (unpaired) electrons. The van der Waals surface area contributed by atoms with Crippen LogP contribution in [0.1, 0.15) is 79.8 Å². The summed E-state index contributed by atoms with van der Waals surface area (Å²) in [5.74, 6) is -0.757. The van der Waals surface area contributed by atoms with Gasteiger partial charge >= 0.3 is 5.97 Å². The van der Waals surface area contributed by atoms with E-state index in [0.29, 0.717) is 23.3 Å². The van der Waals surface area contributed by atoms with Gasteiger partial charge in [0.05, 0.1) is 18.3 Å². The van der Waals surface area contributed by atoms with Gasteiger partial charge in [-0.3, -0.25) is 9.59 Å². The number of hydrogen-bond donors (Lipinski definition) is 2. The summed E-state index contributed by atoms with van der Waals surface area (Å²) in [6.07, 6.45) is 9.74. The molecule has 0 bridgehead atoms. The van der Waals surface area contributed by atoms with Gasteiger partial charge in [-0.25, -0.2) is 10.2 Å². The third-order valence-electron chi connectivity index (χ3n) is 5.39. The highest BCUT2D eigenvalue weighted by Crippen LogP contribution is 2.23. The number of hydrogen-bond acceptors (Lipinski definition) is 5. The van der Waals surface area contributed by atoms with E-state index in [-0.39, 0.29) is 12.5 Å². The zero-order valence-electron chi connectivity index (χ0n) is 20.4. The Kier molecular flexibility index (Phi) is 12.8. The molecule has 2 aromatic carbocycles. The molecule has 0 aliphatic rings. The van der Waals surface area contributed by atoms with Crippen molar-refractivity contribution in [3.8, 4) is 5.75 Å². The van der Waals surface area contributed by atoms with Gasteiger partial charge in [-0.15, -0.1) is 0 Å². The lowest BCUT2D eigenvalue weighted by Crippen LogP contribution is -2.34. The summed E-state index contributed by atoms with van der Waals surface area (Å²) in [5.41, 5.74) is 4.17. The molecular formula is C27H34BrN3O4. The first kappa shape index (κ1) is 28.2. The minimum Gasteiger partial charge on any atom is -0.422 e. The number of rotatable bonds is 14. The second kappa shape index (κ2) is 15.8. The molecule has 188 valence electrons. The van der Waals surface area contributed by atoms with Crippen LogP contribution in [0.25, 0.3) is 0 Å². The summed E-state index contributed by atoms with van der Waals surface area (Å²) in [5, 5.41) is 6.55. The molecule has 0 spiro atoms. The van der Waals surface area contributed by atoms with Crippen LogP contribution in [0.5, 0.6) is 5.75 Å². The average molecular weight is 544 g/mol. The molecule has 0 heterocycles. The average Bonchev–Trinajstić information content (AvgIpc) is 2.84. The van der Waals surface area contributed by atoms with Gasteiger partial charge in [0.15, 0.2) is 0 Å². The second-order valence-corrected chi connectivity index (χ2v) is 9.24. The predicted molar refractivity (Wildman–Crippen MR) is 142 cm³/mol. The van der Waals surface area contributed by atoms with E-state index in [2.05, 4.69) is 38.7 Å². The van der Waals surface area contributed by atoms with Crippen molar-refractivity contribution in [2.24, 2.45) is 5.10 Å². The van der Waals surface area contributed by atoms with Crippen molar-refractivity contribution in [1.82, 2.24) is 10.7 Å². The topological polar surface area (TPSA) is 96.9 Å². The van der Waals surface area contributed by atoms with E-state index in [0.717, 1.165) is 29.3 Å². The van der Waals surface area contributed by atoms with E-state index in [1.165, 1.54) is 31.9 Å². The molecule has 0 saturated heterocycles. The highest BCUT2D eigenvalue weighted by molar-refractivity contribution is 9.10. The highest BCUT2D eigenvalue weighted by atomic mass is 79.9. The Morgan fingerprint density at radius 1 is 0.971 bits per heavy atom. The van der Waals surface area contributed by atoms with Gasteiger partial charge in [0.25, 0.3) is 5.91 Å². The third kappa shape index (κ3) is 10.9. The van der Waals surface area contributed by atoms with Gasteiger partial charge in [-0.1, -0.05) is 79.6 Å². The van der Waals surface area contributed by atoms with Gasteiger partial charge in [0.1, 0.15) is 5.75 Å². The van der Waals surface area contributed by atoms with Crippen LogP contribution in [-0.4, -0.2) is 30.5 Å². The zero-order chi connectivity index (χ0) is 25.5. The van der Waals surface area contributed by atoms with E-state index in [4.69, 9.17) is 4.74 Å². The van der Waals surface area contributed by atoms with Crippen molar-refractivity contribution in [3.05, 3.63) is 63.6 Å². The first-order chi connectivity index (χ1) is 16.9. The minimum absolute atomic E-state index is 0.143. The van der Waals surface area contributed by atoms with Gasteiger partial charge < -0.3 is 10.1 Å². The number of carbonyl (C=O) groups is 3. The number of unbranched alkanes of at least 4 members (excludes halogenated alkanes) is 6. The molecule has 0 aliphatic heterocycles. The fourth-order valence-corrected chi connectivity index (χ4v) is 3.77. The molecule has 0 atom stereocenters. The fraction of sp³-hybridized carbons (Fsp3) is 0.407. The van der Waals surface area contributed by atoms with Gasteiger partial charge in [0.2, 0.25) is 5.91 Å². The van der Waals surface area contributed by atoms with Crippen LogP contribution < -0.4 is 15.5 Å². The van der Waals surface area contributed by atoms with Crippen LogP contribution in [0.4, 0.5) is 0 Å². The van der Waals surface area contributed by atoms with Crippen molar-refractivity contribution in [1.29, 1.82) is 0 Å². The zero-order valence-corrected chi connectivity index (χ0v) is 22.0. The van der Waals surface area contributed by atoms with Crippen molar-refractivity contribution in [2.75, 3.05) is 6.54 Å². The highest BCUT2D eigenvalue weighted by Gasteiger charge is 2.13. The third-order valence-corrected chi connectivity index (χ3v) is 5.88. The van der Waals surface area contributed by atoms with Gasteiger partial charge in [-0.05, 0) is 43.2 Å². The first-order valence-electron chi connectivity index (χ1n) is 12.1. The number of esters is 1. The monoisotopic (exact) mass is 543 g/mol. The molecule has 35 heavy (non-hydrogen) atoms. The number of carbonyl (C=O) groups excluding carboxylic acids is 3. The predicted octanol–water partition coefficient (Wildman–Crippen LogP) is 5.68. The Hall–Kier alpha value is -3.00. The minimum atomic E-state index is -0.479. The fourth-order valence-electron chi connectivity index (χ4n) is 3.39. The largest absolute Gasteiger partial charge is 0.422 e. The summed E-state index contributed by atoms with van der Waals surface area (Å²) in [7, 11) is 0. The van der Waals surface area contributed by atoms with E-state index < -0.39 is 11.9 Å². The molecular weight excluding hydrogens is 510 g/mol. The summed E-state index contributed by atoms with van der Waals surface area (Å²) in [6, 6.07) is 12.3. The Balaban J connectivity index is 1.79. The van der Waals surface area contributed by atoms with E-state index in [1.807, 2.05) is 19.1 Å². The van der Waals surface area contributed by atoms with Gasteiger partial charge in [-0.2, -0.15) is 5.10 Å². The van der Waals surface area contributed by atoms with E-state index in [1.54, 1.807) is 30.3 Å². The maximum absolute atomic E-state index is 12.6. The Bertz CT molecular complexity index is 1020. The Labute approximate surface area is 215 Å². The van der Waals surface area contributed by atoms with Crippen LogP contribution in [0.2, 0.25) is 0 Å². The van der Waals surface area contributed by atoms with Crippen LogP contribution in [0, 0.1) is 6.92 Å². The molecule has 2 N–H and O–H groups in total. The summed E-state index contributed by atoms with van der Waals surface area (Å²) in [6.45, 7) is 3.87. The van der Waals surface area contributed by atoms with Crippen LogP contribution >= 0.6 is 15.9 Å². The van der Waals surface area contributed by atoms with Crippen LogP contribution in [0.15, 0.2) is 52.0 Å². The number of hydrazone groups is 1. The SMILES string of the molecule is CCCCCCCCCC(=O)NCC(=O)NN=Cc1cc(Br)ccc1OC(=O)c1ccccc1C. The smallest absolute Gasteiger partial charge is 0.343 e. The number of halogens is 1. The normalized spacial score (nSPS) is 10.8. The number of ether oxygens (including phenoxy) is 1. The standard InChI is InChI=1S/C27H34BrN3O4/c1-3-4-5-6-7-8-9-14-25(32)29-19-26(33)31-30-18-21-17-22(28)15-16-24(21)35-27(34)23-13-11-10-12-20(23)2/h10-13,15-18H,3-9,14,19H2,1-2H3,(H,29,32)(H,31,33). The van der Waals surface area contributed by atoms with Crippen molar-refractivity contribution >= 4 is 39.9 Å². The molecule has 2 aromatic rings. The molecule has 7 nitrogen and oxygen atoms in total. The number of benzene rings is 2. The van der Waals surface area contributed by atoms with Gasteiger partial charge in [0, 0.05) is 16.5 Å². The molecule has 2 rings (SSSR count). The van der Waals surface area contributed by atoms with Crippen LogP contribution in [-0.2, 0) is 9.59 Å². The first-order valence-corrected chi connectivity index (χ1v) is 12.9. The maximum atomic E-state index is 12.6. The number of nitrogens with one attached hydrogen (secondary N) is 2. The molecule has 0 aliphatic carbocycles. The molecule has 0 fully saturated rings. The number of amides is 2. The van der Waals surface area contributed by atoms with Crippen molar-refractivity contribution in [3.63, 3.8) is 0 Å². The van der Waals surface area contributed by atoms with E-state index >= 15 is 0 Å².